The Hall–Kier alpha value is -2.27. The summed E-state index contributed by atoms with van der Waals surface area (Å²) in [5.74, 6) is 1.60. The fourth-order valence-electron chi connectivity index (χ4n) is 3.76. The number of aromatic nitrogens is 4. The molecule has 0 saturated heterocycles. The van der Waals surface area contributed by atoms with Crippen LogP contribution in [0.3, 0.4) is 0 Å². The van der Waals surface area contributed by atoms with Gasteiger partial charge < -0.3 is 4.40 Å². The van der Waals surface area contributed by atoms with Crippen LogP contribution in [0.1, 0.15) is 55.1 Å². The van der Waals surface area contributed by atoms with E-state index in [0.717, 1.165) is 30.1 Å². The van der Waals surface area contributed by atoms with Crippen LogP contribution in [-0.2, 0) is 13.1 Å². The Morgan fingerprint density at radius 2 is 1.80 bits per heavy atom. The lowest BCUT2D eigenvalue weighted by molar-refractivity contribution is 0.313. The van der Waals surface area contributed by atoms with Crippen LogP contribution in [0.15, 0.2) is 43.0 Å². The summed E-state index contributed by atoms with van der Waals surface area (Å²) in [6.07, 6.45) is 14.5. The van der Waals surface area contributed by atoms with Crippen molar-refractivity contribution in [1.82, 2.24) is 24.3 Å². The number of hydrogen-bond acceptors (Lipinski definition) is 4. The van der Waals surface area contributed by atoms with E-state index in [4.69, 9.17) is 0 Å². The van der Waals surface area contributed by atoms with E-state index in [-0.39, 0.29) is 0 Å². The van der Waals surface area contributed by atoms with E-state index < -0.39 is 0 Å². The molecular weight excluding hydrogens is 310 g/mol. The topological polar surface area (TPSA) is 46.3 Å². The zero-order valence-corrected chi connectivity index (χ0v) is 14.8. The predicted octanol–water partition coefficient (Wildman–Crippen LogP) is 3.80. The molecule has 0 radical (unpaired) electrons. The van der Waals surface area contributed by atoms with Crippen LogP contribution in [0.4, 0.5) is 0 Å². The van der Waals surface area contributed by atoms with E-state index in [1.807, 2.05) is 36.8 Å². The molecular formula is C20H25N5. The molecule has 130 valence electrons. The van der Waals surface area contributed by atoms with Crippen molar-refractivity contribution >= 4 is 5.65 Å². The third-order valence-corrected chi connectivity index (χ3v) is 5.07. The average Bonchev–Trinajstić information content (AvgIpc) is 3.06. The van der Waals surface area contributed by atoms with Gasteiger partial charge in [0, 0.05) is 43.2 Å². The Morgan fingerprint density at radius 1 is 1.00 bits per heavy atom. The molecule has 0 unspecified atom stereocenters. The number of nitrogens with zero attached hydrogens (tertiary/aromatic N) is 5. The summed E-state index contributed by atoms with van der Waals surface area (Å²) in [5.41, 5.74) is 3.35. The quantitative estimate of drug-likeness (QED) is 0.711. The van der Waals surface area contributed by atoms with Crippen molar-refractivity contribution in [1.29, 1.82) is 0 Å². The summed E-state index contributed by atoms with van der Waals surface area (Å²) in [6, 6.07) is 6.08. The lowest BCUT2D eigenvalue weighted by Crippen LogP contribution is -2.19. The molecule has 0 atom stereocenters. The molecule has 0 aromatic carbocycles. The summed E-state index contributed by atoms with van der Waals surface area (Å²) in [5, 5.41) is 0. The van der Waals surface area contributed by atoms with Crippen LogP contribution in [0, 0.1) is 0 Å². The second kappa shape index (κ2) is 7.31. The van der Waals surface area contributed by atoms with Crippen LogP contribution < -0.4 is 0 Å². The van der Waals surface area contributed by atoms with E-state index in [2.05, 4.69) is 37.5 Å². The highest BCUT2D eigenvalue weighted by molar-refractivity contribution is 5.39. The van der Waals surface area contributed by atoms with Gasteiger partial charge in [0.25, 0.3) is 0 Å². The van der Waals surface area contributed by atoms with Crippen LogP contribution in [-0.4, -0.2) is 31.3 Å². The Morgan fingerprint density at radius 3 is 2.60 bits per heavy atom. The summed E-state index contributed by atoms with van der Waals surface area (Å²) in [4.78, 5) is 16.0. The van der Waals surface area contributed by atoms with Crippen molar-refractivity contribution in [2.45, 2.75) is 51.1 Å². The molecule has 4 rings (SSSR count). The summed E-state index contributed by atoms with van der Waals surface area (Å²) >= 11 is 0. The largest absolute Gasteiger partial charge is 0.303 e. The molecule has 0 N–H and O–H groups in total. The standard InChI is InChI=1S/C20H25N5/c1-24(15-18-13-21-19-9-5-6-10-25(18)19)14-16-11-22-20(23-12-16)17-7-3-2-4-8-17/h5-6,9-13,17H,2-4,7-8,14-15H2,1H3. The van der Waals surface area contributed by atoms with Crippen molar-refractivity contribution in [3.8, 4) is 0 Å². The number of rotatable bonds is 5. The lowest BCUT2D eigenvalue weighted by Gasteiger charge is -2.20. The summed E-state index contributed by atoms with van der Waals surface area (Å²) in [6.45, 7) is 1.68. The molecule has 0 spiro atoms. The van der Waals surface area contributed by atoms with Crippen LogP contribution in [0.2, 0.25) is 0 Å². The number of pyridine rings is 1. The van der Waals surface area contributed by atoms with Gasteiger partial charge in [-0.15, -0.1) is 0 Å². The number of fused-ring (bicyclic) bond motifs is 1. The van der Waals surface area contributed by atoms with Crippen LogP contribution in [0.25, 0.3) is 5.65 Å². The fraction of sp³-hybridized carbons (Fsp3) is 0.450. The minimum absolute atomic E-state index is 0.568. The first kappa shape index (κ1) is 16.2. The zero-order chi connectivity index (χ0) is 17.1. The highest BCUT2D eigenvalue weighted by Gasteiger charge is 2.17. The maximum Gasteiger partial charge on any atom is 0.136 e. The summed E-state index contributed by atoms with van der Waals surface area (Å²) in [7, 11) is 2.12. The maximum atomic E-state index is 4.65. The molecule has 3 aromatic heterocycles. The number of hydrogen-bond donors (Lipinski definition) is 0. The zero-order valence-electron chi connectivity index (χ0n) is 14.8. The van der Waals surface area contributed by atoms with Crippen LogP contribution >= 0.6 is 0 Å². The minimum atomic E-state index is 0.568. The van der Waals surface area contributed by atoms with Gasteiger partial charge in [-0.3, -0.25) is 4.90 Å². The third-order valence-electron chi connectivity index (χ3n) is 5.07. The molecule has 0 aliphatic heterocycles. The monoisotopic (exact) mass is 335 g/mol. The maximum absolute atomic E-state index is 4.65. The van der Waals surface area contributed by atoms with E-state index >= 15 is 0 Å². The van der Waals surface area contributed by atoms with Gasteiger partial charge in [-0.25, -0.2) is 15.0 Å². The molecule has 1 aliphatic rings. The SMILES string of the molecule is CN(Cc1cnc(C2CCCCC2)nc1)Cc1cnc2ccccn12. The Kier molecular flexibility index (Phi) is 4.74. The first-order valence-corrected chi connectivity index (χ1v) is 9.20. The second-order valence-corrected chi connectivity index (χ2v) is 7.14. The first-order chi connectivity index (χ1) is 12.3. The van der Waals surface area contributed by atoms with Crippen molar-refractivity contribution < 1.29 is 0 Å². The van der Waals surface area contributed by atoms with Gasteiger partial charge in [0.2, 0.25) is 0 Å². The Bertz CT molecular complexity index is 817. The van der Waals surface area contributed by atoms with Crippen molar-refractivity contribution in [2.24, 2.45) is 0 Å². The highest BCUT2D eigenvalue weighted by Crippen LogP contribution is 2.30. The van der Waals surface area contributed by atoms with Crippen LogP contribution in [0.5, 0.6) is 0 Å². The van der Waals surface area contributed by atoms with Gasteiger partial charge in [-0.1, -0.05) is 25.3 Å². The molecule has 3 aromatic rings. The average molecular weight is 335 g/mol. The van der Waals surface area contributed by atoms with E-state index in [1.165, 1.54) is 37.8 Å². The van der Waals surface area contributed by atoms with Gasteiger partial charge in [0.15, 0.2) is 0 Å². The molecule has 25 heavy (non-hydrogen) atoms. The first-order valence-electron chi connectivity index (χ1n) is 9.20. The van der Waals surface area contributed by atoms with Gasteiger partial charge in [-0.2, -0.15) is 0 Å². The minimum Gasteiger partial charge on any atom is -0.303 e. The van der Waals surface area contributed by atoms with Gasteiger partial charge >= 0.3 is 0 Å². The molecule has 3 heterocycles. The molecule has 5 heteroatoms. The van der Waals surface area contributed by atoms with Crippen molar-refractivity contribution in [3.05, 3.63) is 60.1 Å². The molecule has 1 fully saturated rings. The van der Waals surface area contributed by atoms with Gasteiger partial charge in [-0.05, 0) is 32.0 Å². The van der Waals surface area contributed by atoms with Gasteiger partial charge in [0.05, 0.1) is 11.9 Å². The molecule has 0 amide bonds. The highest BCUT2D eigenvalue weighted by atomic mass is 15.1. The van der Waals surface area contributed by atoms with E-state index in [1.54, 1.807) is 0 Å². The molecule has 1 saturated carbocycles. The molecule has 0 bridgehead atoms. The molecule has 5 nitrogen and oxygen atoms in total. The second-order valence-electron chi connectivity index (χ2n) is 7.14. The Balaban J connectivity index is 1.39. The van der Waals surface area contributed by atoms with E-state index in [0.29, 0.717) is 5.92 Å². The molecule has 1 aliphatic carbocycles. The third kappa shape index (κ3) is 3.71. The smallest absolute Gasteiger partial charge is 0.136 e. The predicted molar refractivity (Wildman–Crippen MR) is 98.2 cm³/mol. The van der Waals surface area contributed by atoms with Crippen molar-refractivity contribution in [2.75, 3.05) is 7.05 Å². The van der Waals surface area contributed by atoms with Gasteiger partial charge in [0.1, 0.15) is 11.5 Å². The van der Waals surface area contributed by atoms with Crippen molar-refractivity contribution in [3.63, 3.8) is 0 Å². The fourth-order valence-corrected chi connectivity index (χ4v) is 3.76. The summed E-state index contributed by atoms with van der Waals surface area (Å²) < 4.78 is 2.14. The van der Waals surface area contributed by atoms with E-state index in [9.17, 15) is 0 Å². The lowest BCUT2D eigenvalue weighted by atomic mass is 9.89. The number of imidazole rings is 1. The Labute approximate surface area is 148 Å². The normalized spacial score (nSPS) is 15.9.